The third-order valence-corrected chi connectivity index (χ3v) is 9.31. The Balaban J connectivity index is 1.13. The van der Waals surface area contributed by atoms with Crippen molar-refractivity contribution in [1.82, 2.24) is 10.3 Å². The van der Waals surface area contributed by atoms with Crippen LogP contribution in [-0.2, 0) is 16.2 Å². The fourth-order valence-electron chi connectivity index (χ4n) is 4.75. The number of thiazole rings is 1. The molecule has 6 rings (SSSR count). The number of carbonyl (C=O) groups excluding carboxylic acids is 3. The van der Waals surface area contributed by atoms with Crippen LogP contribution in [0.3, 0.4) is 0 Å². The largest absolute Gasteiger partial charge is 0.489 e. The Labute approximate surface area is 292 Å². The first-order valence-corrected chi connectivity index (χ1v) is 17.2. The van der Waals surface area contributed by atoms with Gasteiger partial charge in [-0.15, -0.1) is 11.8 Å². The number of hydrogen-bond donors (Lipinski definition) is 3. The van der Waals surface area contributed by atoms with E-state index in [4.69, 9.17) is 4.74 Å². The number of fused-ring (bicyclic) bond motifs is 1. The van der Waals surface area contributed by atoms with Gasteiger partial charge in [0.15, 0.2) is 5.13 Å². The summed E-state index contributed by atoms with van der Waals surface area (Å²) >= 11 is 2.78. The molecule has 0 aliphatic carbocycles. The molecule has 0 aliphatic rings. The Morgan fingerprint density at radius 2 is 1.53 bits per heavy atom. The van der Waals surface area contributed by atoms with Crippen LogP contribution in [0.25, 0.3) is 16.3 Å². The number of ether oxygens (including phenoxy) is 1. The molecule has 0 saturated heterocycles. The quantitative estimate of drug-likeness (QED) is 0.0883. The summed E-state index contributed by atoms with van der Waals surface area (Å²) in [4.78, 5) is 45.0. The number of anilines is 2. The van der Waals surface area contributed by atoms with Crippen LogP contribution < -0.4 is 20.7 Å². The van der Waals surface area contributed by atoms with E-state index in [0.717, 1.165) is 20.7 Å². The number of carbonyl (C=O) groups is 3. The van der Waals surface area contributed by atoms with E-state index in [-0.39, 0.29) is 11.6 Å². The minimum absolute atomic E-state index is 0.0634. The van der Waals surface area contributed by atoms with E-state index >= 15 is 0 Å². The van der Waals surface area contributed by atoms with Gasteiger partial charge in [-0.1, -0.05) is 90.2 Å². The smallest absolute Gasteiger partial charge is 0.272 e. The van der Waals surface area contributed by atoms with Crippen LogP contribution in [0, 0.1) is 0 Å². The summed E-state index contributed by atoms with van der Waals surface area (Å²) < 4.78 is 6.90. The number of benzene rings is 5. The molecule has 0 radical (unpaired) electrons. The predicted octanol–water partition coefficient (Wildman–Crippen LogP) is 8.40. The monoisotopic (exact) mass is 684 g/mol. The maximum Gasteiger partial charge on any atom is 0.272 e. The molecule has 3 N–H and O–H groups in total. The third kappa shape index (κ3) is 9.22. The number of aromatic nitrogens is 1. The van der Waals surface area contributed by atoms with Gasteiger partial charge in [0.05, 0.1) is 15.5 Å². The molecule has 5 aromatic carbocycles. The van der Waals surface area contributed by atoms with Gasteiger partial charge in [0.25, 0.3) is 11.8 Å². The van der Waals surface area contributed by atoms with E-state index in [1.54, 1.807) is 48.5 Å². The molecular formula is C39H32N4O4S2. The highest BCUT2D eigenvalue weighted by molar-refractivity contribution is 8.00. The molecule has 1 unspecified atom stereocenters. The first kappa shape index (κ1) is 33.2. The van der Waals surface area contributed by atoms with Gasteiger partial charge in [0, 0.05) is 16.1 Å². The van der Waals surface area contributed by atoms with Crippen LogP contribution in [-0.4, -0.2) is 28.0 Å². The fraction of sp³-hybridized carbons (Fsp3) is 0.0769. The Bertz CT molecular complexity index is 2070. The molecule has 6 aromatic rings. The molecule has 1 atom stereocenters. The zero-order valence-electron chi connectivity index (χ0n) is 26.5. The van der Waals surface area contributed by atoms with Gasteiger partial charge in [-0.3, -0.25) is 14.4 Å². The highest BCUT2D eigenvalue weighted by Crippen LogP contribution is 2.29. The van der Waals surface area contributed by atoms with Crippen LogP contribution in [0.5, 0.6) is 5.75 Å². The zero-order chi connectivity index (χ0) is 34.0. The first-order chi connectivity index (χ1) is 23.9. The van der Waals surface area contributed by atoms with Crippen molar-refractivity contribution < 1.29 is 19.1 Å². The van der Waals surface area contributed by atoms with Gasteiger partial charge < -0.3 is 20.7 Å². The molecule has 49 heavy (non-hydrogen) atoms. The third-order valence-electron chi connectivity index (χ3n) is 7.27. The standard InChI is InChI=1S/C39H32N4O4S2/c1-26(36(44)43-39-42-33-17-8-9-18-35(33)49-39)48-32-16-10-15-30(24-32)40-38(46)34(41-37(45)29-13-6-3-7-14-29)23-27-19-21-31(22-20-27)47-25-28-11-4-2-5-12-28/h2-24,26H,25H2,1H3,(H,40,46)(H,41,45)(H,42,43,44)/b34-23-. The summed E-state index contributed by atoms with van der Waals surface area (Å²) in [7, 11) is 0. The van der Waals surface area contributed by atoms with Crippen molar-refractivity contribution in [2.24, 2.45) is 0 Å². The first-order valence-electron chi connectivity index (χ1n) is 15.5. The van der Waals surface area contributed by atoms with Crippen molar-refractivity contribution >= 4 is 67.9 Å². The number of amides is 3. The van der Waals surface area contributed by atoms with Gasteiger partial charge in [-0.05, 0) is 78.7 Å². The average Bonchev–Trinajstić information content (AvgIpc) is 3.54. The van der Waals surface area contributed by atoms with Gasteiger partial charge in [-0.2, -0.15) is 0 Å². The number of para-hydroxylation sites is 1. The number of nitrogens with one attached hydrogen (secondary N) is 3. The second kappa shape index (κ2) is 15.9. The lowest BCUT2D eigenvalue weighted by Gasteiger charge is -2.14. The number of nitrogens with zero attached hydrogens (tertiary/aromatic N) is 1. The van der Waals surface area contributed by atoms with Crippen molar-refractivity contribution in [2.45, 2.75) is 23.7 Å². The summed E-state index contributed by atoms with van der Waals surface area (Å²) in [5, 5.41) is 8.69. The highest BCUT2D eigenvalue weighted by atomic mass is 32.2. The van der Waals surface area contributed by atoms with Gasteiger partial charge in [0.1, 0.15) is 18.1 Å². The second-order valence-electron chi connectivity index (χ2n) is 10.9. The number of thioether (sulfide) groups is 1. The zero-order valence-corrected chi connectivity index (χ0v) is 28.1. The molecular weight excluding hydrogens is 653 g/mol. The summed E-state index contributed by atoms with van der Waals surface area (Å²) in [6.07, 6.45) is 1.62. The predicted molar refractivity (Wildman–Crippen MR) is 198 cm³/mol. The molecule has 3 amide bonds. The van der Waals surface area contributed by atoms with Crippen LogP contribution in [0.2, 0.25) is 0 Å². The normalized spacial score (nSPS) is 11.8. The molecule has 0 saturated carbocycles. The molecule has 244 valence electrons. The van der Waals surface area contributed by atoms with E-state index in [1.165, 1.54) is 23.1 Å². The molecule has 8 nitrogen and oxygen atoms in total. The maximum absolute atomic E-state index is 13.6. The maximum atomic E-state index is 13.6. The summed E-state index contributed by atoms with van der Waals surface area (Å²) in [6.45, 7) is 2.25. The molecule has 1 heterocycles. The van der Waals surface area contributed by atoms with E-state index in [2.05, 4.69) is 20.9 Å². The Morgan fingerprint density at radius 1 is 0.816 bits per heavy atom. The van der Waals surface area contributed by atoms with Crippen LogP contribution in [0.1, 0.15) is 28.4 Å². The topological polar surface area (TPSA) is 109 Å². The number of hydrogen-bond acceptors (Lipinski definition) is 7. The second-order valence-corrected chi connectivity index (χ2v) is 13.4. The number of rotatable bonds is 12. The molecule has 0 spiro atoms. The van der Waals surface area contributed by atoms with Crippen LogP contribution in [0.4, 0.5) is 10.8 Å². The lowest BCUT2D eigenvalue weighted by molar-refractivity contribution is -0.115. The van der Waals surface area contributed by atoms with Crippen molar-refractivity contribution in [3.63, 3.8) is 0 Å². The Hall–Kier alpha value is -5.71. The fourth-order valence-corrected chi connectivity index (χ4v) is 6.54. The molecule has 0 fully saturated rings. The van der Waals surface area contributed by atoms with Crippen molar-refractivity contribution in [3.05, 3.63) is 156 Å². The van der Waals surface area contributed by atoms with E-state index in [1.807, 2.05) is 97.9 Å². The summed E-state index contributed by atoms with van der Waals surface area (Å²) in [6, 6.07) is 40.8. The average molecular weight is 685 g/mol. The minimum atomic E-state index is -0.502. The molecule has 0 aliphatic heterocycles. The lowest BCUT2D eigenvalue weighted by atomic mass is 10.1. The van der Waals surface area contributed by atoms with E-state index < -0.39 is 17.1 Å². The Morgan fingerprint density at radius 3 is 2.29 bits per heavy atom. The van der Waals surface area contributed by atoms with Gasteiger partial charge >= 0.3 is 0 Å². The van der Waals surface area contributed by atoms with Crippen molar-refractivity contribution in [2.75, 3.05) is 10.6 Å². The lowest BCUT2D eigenvalue weighted by Crippen LogP contribution is -2.30. The Kier molecular flexibility index (Phi) is 10.8. The molecule has 0 bridgehead atoms. The molecule has 10 heteroatoms. The van der Waals surface area contributed by atoms with Crippen molar-refractivity contribution in [3.8, 4) is 5.75 Å². The highest BCUT2D eigenvalue weighted by Gasteiger charge is 2.18. The van der Waals surface area contributed by atoms with E-state index in [9.17, 15) is 14.4 Å². The minimum Gasteiger partial charge on any atom is -0.489 e. The SMILES string of the molecule is CC(Sc1cccc(NC(=O)/C(=C/c2ccc(OCc3ccccc3)cc2)NC(=O)c2ccccc2)c1)C(=O)Nc1nc2ccccc2s1. The summed E-state index contributed by atoms with van der Waals surface area (Å²) in [5.74, 6) is -0.416. The van der Waals surface area contributed by atoms with Crippen LogP contribution >= 0.6 is 23.1 Å². The van der Waals surface area contributed by atoms with Crippen molar-refractivity contribution in [1.29, 1.82) is 0 Å². The summed E-state index contributed by atoms with van der Waals surface area (Å²) in [5.41, 5.74) is 3.58. The van der Waals surface area contributed by atoms with E-state index in [0.29, 0.717) is 34.3 Å². The molecule has 1 aromatic heterocycles. The van der Waals surface area contributed by atoms with Gasteiger partial charge in [0.2, 0.25) is 5.91 Å². The van der Waals surface area contributed by atoms with Gasteiger partial charge in [-0.25, -0.2) is 4.98 Å². The van der Waals surface area contributed by atoms with Crippen LogP contribution in [0.15, 0.2) is 144 Å².